The second-order valence-electron chi connectivity index (χ2n) is 5.69. The Bertz CT molecular complexity index is 563. The third kappa shape index (κ3) is 4.17. The number of aliphatic hydroxyl groups is 1. The fraction of sp³-hybridized carbons (Fsp3) is 0.412. The number of hydrogen-bond acceptors (Lipinski definition) is 3. The molecular weight excluding hydrogens is 264 g/mol. The highest BCUT2D eigenvalue weighted by molar-refractivity contribution is 5.91. The van der Waals surface area contributed by atoms with Crippen molar-refractivity contribution in [1.29, 1.82) is 5.26 Å². The van der Waals surface area contributed by atoms with Crippen LogP contribution in [0.1, 0.15) is 36.8 Å². The molecule has 21 heavy (non-hydrogen) atoms. The Morgan fingerprint density at radius 1 is 1.38 bits per heavy atom. The number of hydrogen-bond donors (Lipinski definition) is 1. The van der Waals surface area contributed by atoms with Gasteiger partial charge in [0, 0.05) is 19.7 Å². The van der Waals surface area contributed by atoms with Crippen LogP contribution in [0.3, 0.4) is 0 Å². The highest BCUT2D eigenvalue weighted by atomic mass is 16.3. The van der Waals surface area contributed by atoms with Crippen molar-refractivity contribution in [3.05, 3.63) is 41.5 Å². The quantitative estimate of drug-likeness (QED) is 0.863. The first-order valence-electron chi connectivity index (χ1n) is 7.18. The molecule has 1 N–H and O–H groups in total. The van der Waals surface area contributed by atoms with Gasteiger partial charge in [-0.1, -0.05) is 25.0 Å². The molecule has 0 aliphatic heterocycles. The summed E-state index contributed by atoms with van der Waals surface area (Å²) in [6.07, 6.45) is 6.81. The van der Waals surface area contributed by atoms with Crippen molar-refractivity contribution in [3.8, 4) is 6.07 Å². The van der Waals surface area contributed by atoms with Gasteiger partial charge in [-0.3, -0.25) is 4.79 Å². The third-order valence-corrected chi connectivity index (χ3v) is 3.90. The fourth-order valence-electron chi connectivity index (χ4n) is 2.67. The molecule has 0 atom stereocenters. The Labute approximate surface area is 125 Å². The van der Waals surface area contributed by atoms with Crippen molar-refractivity contribution in [2.45, 2.75) is 31.3 Å². The van der Waals surface area contributed by atoms with E-state index in [-0.39, 0.29) is 5.91 Å². The topological polar surface area (TPSA) is 64.3 Å². The van der Waals surface area contributed by atoms with E-state index in [4.69, 9.17) is 5.26 Å². The summed E-state index contributed by atoms with van der Waals surface area (Å²) >= 11 is 0. The molecule has 0 bridgehead atoms. The summed E-state index contributed by atoms with van der Waals surface area (Å²) in [7, 11) is 1.71. The first-order valence-corrected chi connectivity index (χ1v) is 7.18. The number of nitrogens with zero attached hydrogens (tertiary/aromatic N) is 2. The van der Waals surface area contributed by atoms with E-state index >= 15 is 0 Å². The van der Waals surface area contributed by atoms with Crippen molar-refractivity contribution < 1.29 is 9.90 Å². The van der Waals surface area contributed by atoms with E-state index in [0.717, 1.165) is 31.2 Å². The van der Waals surface area contributed by atoms with E-state index in [1.165, 1.54) is 6.08 Å². The van der Waals surface area contributed by atoms with Crippen LogP contribution in [0.4, 0.5) is 0 Å². The maximum absolute atomic E-state index is 12.0. The summed E-state index contributed by atoms with van der Waals surface area (Å²) in [4.78, 5) is 13.6. The highest BCUT2D eigenvalue weighted by Crippen LogP contribution is 2.29. The van der Waals surface area contributed by atoms with Gasteiger partial charge in [-0.2, -0.15) is 5.26 Å². The zero-order valence-corrected chi connectivity index (χ0v) is 12.2. The van der Waals surface area contributed by atoms with Crippen molar-refractivity contribution in [3.63, 3.8) is 0 Å². The molecule has 0 saturated heterocycles. The molecule has 0 heterocycles. The van der Waals surface area contributed by atoms with Crippen LogP contribution in [0.5, 0.6) is 0 Å². The molecule has 0 aromatic heterocycles. The summed E-state index contributed by atoms with van der Waals surface area (Å²) in [6.45, 7) is 0.379. The monoisotopic (exact) mass is 284 g/mol. The number of rotatable bonds is 4. The molecule has 1 aromatic rings. The molecule has 1 fully saturated rings. The van der Waals surface area contributed by atoms with Gasteiger partial charge >= 0.3 is 0 Å². The number of amides is 1. The van der Waals surface area contributed by atoms with Gasteiger partial charge in [-0.05, 0) is 36.6 Å². The van der Waals surface area contributed by atoms with E-state index in [9.17, 15) is 9.90 Å². The molecule has 0 unspecified atom stereocenters. The first-order chi connectivity index (χ1) is 10.0. The van der Waals surface area contributed by atoms with Gasteiger partial charge in [0.2, 0.25) is 5.91 Å². The average molecular weight is 284 g/mol. The van der Waals surface area contributed by atoms with E-state index in [1.807, 2.05) is 0 Å². The van der Waals surface area contributed by atoms with Crippen LogP contribution >= 0.6 is 0 Å². The van der Waals surface area contributed by atoms with Crippen LogP contribution in [0.25, 0.3) is 6.08 Å². The third-order valence-electron chi connectivity index (χ3n) is 3.90. The minimum Gasteiger partial charge on any atom is -0.388 e. The van der Waals surface area contributed by atoms with Gasteiger partial charge in [0.1, 0.15) is 0 Å². The lowest BCUT2D eigenvalue weighted by Gasteiger charge is -2.27. The summed E-state index contributed by atoms with van der Waals surface area (Å²) in [5.74, 6) is -0.125. The van der Waals surface area contributed by atoms with Crippen molar-refractivity contribution in [1.82, 2.24) is 4.90 Å². The highest BCUT2D eigenvalue weighted by Gasteiger charge is 2.32. The van der Waals surface area contributed by atoms with Crippen molar-refractivity contribution >= 4 is 12.0 Å². The minimum atomic E-state index is -0.716. The van der Waals surface area contributed by atoms with Crippen LogP contribution < -0.4 is 0 Å². The summed E-state index contributed by atoms with van der Waals surface area (Å²) in [6, 6.07) is 9.09. The molecule has 110 valence electrons. The summed E-state index contributed by atoms with van der Waals surface area (Å²) in [5.41, 5.74) is 0.751. The van der Waals surface area contributed by atoms with E-state index in [2.05, 4.69) is 6.07 Å². The fourth-order valence-corrected chi connectivity index (χ4v) is 2.67. The second-order valence-corrected chi connectivity index (χ2v) is 5.69. The van der Waals surface area contributed by atoms with Gasteiger partial charge in [-0.15, -0.1) is 0 Å². The van der Waals surface area contributed by atoms with Crippen LogP contribution in [-0.4, -0.2) is 35.1 Å². The standard InChI is InChI=1S/C17H20N2O2/c1-19(13-17(21)10-2-3-11-17)16(20)9-8-14-4-6-15(12-18)7-5-14/h4-9,21H,2-3,10-11,13H2,1H3/b9-8+. The molecule has 4 nitrogen and oxygen atoms in total. The van der Waals surface area contributed by atoms with Crippen LogP contribution in [-0.2, 0) is 4.79 Å². The number of carbonyl (C=O) groups excluding carboxylic acids is 1. The Balaban J connectivity index is 1.93. The first kappa shape index (κ1) is 15.3. The molecule has 1 aromatic carbocycles. The zero-order chi connectivity index (χ0) is 15.3. The number of likely N-dealkylation sites (N-methyl/N-ethyl adjacent to an activating group) is 1. The summed E-state index contributed by atoms with van der Waals surface area (Å²) < 4.78 is 0. The van der Waals surface area contributed by atoms with Crippen molar-refractivity contribution in [2.75, 3.05) is 13.6 Å². The largest absolute Gasteiger partial charge is 0.388 e. The normalized spacial score (nSPS) is 16.8. The molecule has 1 amide bonds. The Morgan fingerprint density at radius 3 is 2.57 bits per heavy atom. The lowest BCUT2D eigenvalue weighted by Crippen LogP contribution is -2.41. The Kier molecular flexibility index (Phi) is 4.77. The second kappa shape index (κ2) is 6.55. The maximum Gasteiger partial charge on any atom is 0.246 e. The summed E-state index contributed by atoms with van der Waals surface area (Å²) in [5, 5.41) is 19.0. The predicted molar refractivity (Wildman–Crippen MR) is 81.2 cm³/mol. The molecule has 4 heteroatoms. The molecule has 0 radical (unpaired) electrons. The molecule has 2 rings (SSSR count). The maximum atomic E-state index is 12.0. The van der Waals surface area contributed by atoms with Crippen LogP contribution in [0.15, 0.2) is 30.3 Å². The zero-order valence-electron chi connectivity index (χ0n) is 12.2. The Morgan fingerprint density at radius 2 is 2.00 bits per heavy atom. The van der Waals surface area contributed by atoms with Gasteiger partial charge in [0.05, 0.1) is 17.2 Å². The lowest BCUT2D eigenvalue weighted by molar-refractivity contribution is -0.127. The average Bonchev–Trinajstić information content (AvgIpc) is 2.91. The predicted octanol–water partition coefficient (Wildman–Crippen LogP) is 2.33. The van der Waals surface area contributed by atoms with Gasteiger partial charge < -0.3 is 10.0 Å². The van der Waals surface area contributed by atoms with Crippen molar-refractivity contribution in [2.24, 2.45) is 0 Å². The number of carbonyl (C=O) groups is 1. The molecule has 1 aliphatic carbocycles. The molecule has 0 spiro atoms. The smallest absolute Gasteiger partial charge is 0.246 e. The van der Waals surface area contributed by atoms with Gasteiger partial charge in [-0.25, -0.2) is 0 Å². The molecule has 1 aliphatic rings. The van der Waals surface area contributed by atoms with E-state index < -0.39 is 5.60 Å². The van der Waals surface area contributed by atoms with Crippen LogP contribution in [0.2, 0.25) is 0 Å². The Hall–Kier alpha value is -2.12. The molecule has 1 saturated carbocycles. The number of nitriles is 1. The minimum absolute atomic E-state index is 0.125. The number of benzene rings is 1. The van der Waals surface area contributed by atoms with E-state index in [1.54, 1.807) is 42.3 Å². The molecular formula is C17H20N2O2. The van der Waals surface area contributed by atoms with Gasteiger partial charge in [0.25, 0.3) is 0 Å². The van der Waals surface area contributed by atoms with Gasteiger partial charge in [0.15, 0.2) is 0 Å². The lowest BCUT2D eigenvalue weighted by atomic mass is 10.0. The van der Waals surface area contributed by atoms with Crippen LogP contribution in [0, 0.1) is 11.3 Å². The van der Waals surface area contributed by atoms with E-state index in [0.29, 0.717) is 12.1 Å². The SMILES string of the molecule is CN(CC1(O)CCCC1)C(=O)/C=C/c1ccc(C#N)cc1.